The van der Waals surface area contributed by atoms with Crippen molar-refractivity contribution in [3.8, 4) is 11.3 Å². The van der Waals surface area contributed by atoms with Crippen LogP contribution in [0.1, 0.15) is 20.7 Å². The monoisotopic (exact) mass is 228 g/mol. The molecule has 2 heterocycles. The first-order chi connectivity index (χ1) is 8.18. The summed E-state index contributed by atoms with van der Waals surface area (Å²) in [5.74, 6) is -0.549. The van der Waals surface area contributed by atoms with E-state index in [2.05, 4.69) is 15.4 Å². The molecule has 0 saturated carbocycles. The third kappa shape index (κ3) is 1.27. The van der Waals surface area contributed by atoms with Gasteiger partial charge in [0, 0.05) is 12.6 Å². The van der Waals surface area contributed by atoms with Crippen LogP contribution in [0, 0.1) is 0 Å². The number of H-pyrrole nitrogens is 1. The third-order valence-electron chi connectivity index (χ3n) is 2.80. The van der Waals surface area contributed by atoms with E-state index in [1.54, 1.807) is 24.4 Å². The molecule has 1 aromatic heterocycles. The van der Waals surface area contributed by atoms with Crippen molar-refractivity contribution in [2.75, 3.05) is 7.05 Å². The Balaban J connectivity index is 2.16. The predicted octanol–water partition coefficient (Wildman–Crippen LogP) is 0.698. The van der Waals surface area contributed by atoms with Gasteiger partial charge in [0.1, 0.15) is 5.69 Å². The largest absolute Gasteiger partial charge is 0.277 e. The predicted molar refractivity (Wildman–Crippen MR) is 58.2 cm³/mol. The van der Waals surface area contributed by atoms with Crippen LogP contribution in [0.15, 0.2) is 24.4 Å². The summed E-state index contributed by atoms with van der Waals surface area (Å²) in [4.78, 5) is 24.6. The highest BCUT2D eigenvalue weighted by Gasteiger charge is 2.32. The van der Waals surface area contributed by atoms with Crippen LogP contribution in [0.4, 0.5) is 0 Å². The molecule has 0 fully saturated rings. The summed E-state index contributed by atoms with van der Waals surface area (Å²) in [5.41, 5.74) is 2.25. The number of aromatic amines is 1. The van der Waals surface area contributed by atoms with Gasteiger partial charge < -0.3 is 0 Å². The number of benzene rings is 1. The molecular weight excluding hydrogens is 220 g/mol. The van der Waals surface area contributed by atoms with Gasteiger partial charge in [-0.1, -0.05) is 6.07 Å². The summed E-state index contributed by atoms with van der Waals surface area (Å²) in [6.45, 7) is 0. The average Bonchev–Trinajstić information content (AvgIpc) is 2.94. The maximum absolute atomic E-state index is 11.8. The van der Waals surface area contributed by atoms with E-state index >= 15 is 0 Å². The van der Waals surface area contributed by atoms with Gasteiger partial charge in [-0.15, -0.1) is 0 Å². The van der Waals surface area contributed by atoms with Crippen molar-refractivity contribution >= 4 is 11.8 Å². The first-order valence-corrected chi connectivity index (χ1v) is 5.01. The number of aromatic nitrogens is 3. The lowest BCUT2D eigenvalue weighted by atomic mass is 10.0. The zero-order chi connectivity index (χ0) is 12.0. The second-order valence-electron chi connectivity index (χ2n) is 3.78. The number of carbonyl (C=O) groups is 2. The van der Waals surface area contributed by atoms with Crippen LogP contribution in [0.25, 0.3) is 11.3 Å². The number of rotatable bonds is 1. The van der Waals surface area contributed by atoms with E-state index in [-0.39, 0.29) is 11.8 Å². The fourth-order valence-electron chi connectivity index (χ4n) is 1.86. The maximum Gasteiger partial charge on any atom is 0.261 e. The molecule has 6 heteroatoms. The van der Waals surface area contributed by atoms with E-state index in [9.17, 15) is 9.59 Å². The number of fused-ring (bicyclic) bond motifs is 1. The van der Waals surface area contributed by atoms with Crippen molar-refractivity contribution in [1.29, 1.82) is 0 Å². The lowest BCUT2D eigenvalue weighted by Crippen LogP contribution is -2.24. The summed E-state index contributed by atoms with van der Waals surface area (Å²) >= 11 is 0. The van der Waals surface area contributed by atoms with Crippen LogP contribution in [0.3, 0.4) is 0 Å². The summed E-state index contributed by atoms with van der Waals surface area (Å²) in [6, 6.07) is 5.06. The summed E-state index contributed by atoms with van der Waals surface area (Å²) in [5, 5.41) is 10.1. The lowest BCUT2D eigenvalue weighted by Gasteiger charge is -2.02. The number of hydrogen-bond acceptors (Lipinski definition) is 4. The van der Waals surface area contributed by atoms with Crippen molar-refractivity contribution < 1.29 is 9.59 Å². The molecule has 0 unspecified atom stereocenters. The molecule has 0 spiro atoms. The van der Waals surface area contributed by atoms with E-state index < -0.39 is 0 Å². The Morgan fingerprint density at radius 2 is 1.94 bits per heavy atom. The molecule has 1 N–H and O–H groups in total. The number of carbonyl (C=O) groups excluding carboxylic acids is 2. The minimum Gasteiger partial charge on any atom is -0.277 e. The Kier molecular flexibility index (Phi) is 1.85. The topological polar surface area (TPSA) is 79.0 Å². The van der Waals surface area contributed by atoms with Gasteiger partial charge in [-0.05, 0) is 12.1 Å². The molecule has 84 valence electrons. The molecule has 17 heavy (non-hydrogen) atoms. The van der Waals surface area contributed by atoms with Crippen molar-refractivity contribution in [2.24, 2.45) is 0 Å². The van der Waals surface area contributed by atoms with Gasteiger partial charge in [0.25, 0.3) is 11.8 Å². The molecule has 0 saturated heterocycles. The van der Waals surface area contributed by atoms with E-state index in [1.165, 1.54) is 7.05 Å². The van der Waals surface area contributed by atoms with Crippen molar-refractivity contribution in [3.05, 3.63) is 35.5 Å². The number of nitrogens with zero attached hydrogens (tertiary/aromatic N) is 3. The minimum atomic E-state index is -0.282. The normalized spacial score (nSPS) is 14.3. The van der Waals surface area contributed by atoms with Crippen LogP contribution in [0.2, 0.25) is 0 Å². The molecule has 0 aliphatic carbocycles. The molecule has 1 aromatic carbocycles. The molecule has 1 aliphatic heterocycles. The highest BCUT2D eigenvalue weighted by molar-refractivity contribution is 6.21. The van der Waals surface area contributed by atoms with Crippen LogP contribution in [-0.2, 0) is 0 Å². The zero-order valence-corrected chi connectivity index (χ0v) is 8.97. The van der Waals surface area contributed by atoms with Crippen LogP contribution >= 0.6 is 0 Å². The molecule has 0 atom stereocenters. The Morgan fingerprint density at radius 1 is 1.18 bits per heavy atom. The summed E-state index contributed by atoms with van der Waals surface area (Å²) in [6.07, 6.45) is 1.56. The van der Waals surface area contributed by atoms with Crippen LogP contribution in [0.5, 0.6) is 0 Å². The molecule has 0 bridgehead atoms. The Morgan fingerprint density at radius 3 is 2.65 bits per heavy atom. The van der Waals surface area contributed by atoms with Crippen molar-refractivity contribution in [3.63, 3.8) is 0 Å². The van der Waals surface area contributed by atoms with Crippen LogP contribution in [-0.4, -0.2) is 39.2 Å². The Hall–Kier alpha value is -2.50. The van der Waals surface area contributed by atoms with Crippen molar-refractivity contribution in [1.82, 2.24) is 20.3 Å². The van der Waals surface area contributed by atoms with E-state index in [4.69, 9.17) is 0 Å². The van der Waals surface area contributed by atoms with Crippen LogP contribution < -0.4 is 0 Å². The number of amides is 2. The standard InChI is InChI=1S/C11H8N4O2/c1-15-10(16)7-3-2-6(4-8(7)11(15)17)9-5-12-14-13-9/h2-5H,1H3,(H,12,13,14). The van der Waals surface area contributed by atoms with E-state index in [1.807, 2.05) is 0 Å². The number of nitrogens with one attached hydrogen (secondary N) is 1. The van der Waals surface area contributed by atoms with Gasteiger partial charge in [0.2, 0.25) is 0 Å². The van der Waals surface area contributed by atoms with Gasteiger partial charge in [-0.3, -0.25) is 14.5 Å². The molecular formula is C11H8N4O2. The van der Waals surface area contributed by atoms with E-state index in [0.29, 0.717) is 16.8 Å². The zero-order valence-electron chi connectivity index (χ0n) is 8.97. The average molecular weight is 228 g/mol. The molecule has 2 amide bonds. The highest BCUT2D eigenvalue weighted by atomic mass is 16.2. The van der Waals surface area contributed by atoms with Gasteiger partial charge in [-0.25, -0.2) is 0 Å². The Bertz CT molecular complexity index is 618. The number of hydrogen-bond donors (Lipinski definition) is 1. The maximum atomic E-state index is 11.8. The molecule has 3 rings (SSSR count). The van der Waals surface area contributed by atoms with Crippen molar-refractivity contribution in [2.45, 2.75) is 0 Å². The Labute approximate surface area is 96.2 Å². The molecule has 2 aromatic rings. The molecule has 0 radical (unpaired) electrons. The van der Waals surface area contributed by atoms with Gasteiger partial charge in [0.15, 0.2) is 0 Å². The first kappa shape index (κ1) is 9.71. The summed E-state index contributed by atoms with van der Waals surface area (Å²) < 4.78 is 0. The lowest BCUT2D eigenvalue weighted by molar-refractivity contribution is 0.0693. The number of imide groups is 1. The van der Waals surface area contributed by atoms with Gasteiger partial charge in [0.05, 0.1) is 17.3 Å². The quantitative estimate of drug-likeness (QED) is 0.728. The van der Waals surface area contributed by atoms with Gasteiger partial charge >= 0.3 is 0 Å². The molecule has 1 aliphatic rings. The first-order valence-electron chi connectivity index (χ1n) is 5.01. The molecule has 6 nitrogen and oxygen atoms in total. The van der Waals surface area contributed by atoms with E-state index in [0.717, 1.165) is 10.5 Å². The summed E-state index contributed by atoms with van der Waals surface area (Å²) in [7, 11) is 1.47. The fraction of sp³-hybridized carbons (Fsp3) is 0.0909. The third-order valence-corrected chi connectivity index (χ3v) is 2.80. The fourth-order valence-corrected chi connectivity index (χ4v) is 1.86. The smallest absolute Gasteiger partial charge is 0.261 e. The highest BCUT2D eigenvalue weighted by Crippen LogP contribution is 2.26. The van der Waals surface area contributed by atoms with Gasteiger partial charge in [-0.2, -0.15) is 15.4 Å². The second kappa shape index (κ2) is 3.24. The SMILES string of the molecule is CN1C(=O)c2ccc(-c3cn[nH]n3)cc2C1=O. The second-order valence-corrected chi connectivity index (χ2v) is 3.78. The minimum absolute atomic E-state index is 0.267.